The highest BCUT2D eigenvalue weighted by atomic mass is 127. The zero-order valence-electron chi connectivity index (χ0n) is 19.6. The Bertz CT molecular complexity index is 1180. The molecule has 0 saturated heterocycles. The van der Waals surface area contributed by atoms with E-state index in [-0.39, 0.29) is 10.8 Å². The lowest BCUT2D eigenvalue weighted by atomic mass is 9.81. The summed E-state index contributed by atoms with van der Waals surface area (Å²) in [5.74, 6) is 0. The summed E-state index contributed by atoms with van der Waals surface area (Å²) in [5.41, 5.74) is 8.10. The highest BCUT2D eigenvalue weighted by Crippen LogP contribution is 2.47. The lowest BCUT2D eigenvalue weighted by Crippen LogP contribution is -2.26. The van der Waals surface area contributed by atoms with Crippen LogP contribution >= 0.6 is 22.6 Å². The maximum absolute atomic E-state index is 2.45. The molecule has 0 radical (unpaired) electrons. The molecule has 2 aliphatic heterocycles. The second-order valence-corrected chi connectivity index (χ2v) is 10.1. The first-order valence-corrected chi connectivity index (χ1v) is 12.7. The van der Waals surface area contributed by atoms with Gasteiger partial charge in [0, 0.05) is 34.5 Å². The van der Waals surface area contributed by atoms with Crippen molar-refractivity contribution in [3.05, 3.63) is 108 Å². The van der Waals surface area contributed by atoms with E-state index in [1.807, 2.05) is 0 Å². The molecule has 0 saturated carbocycles. The van der Waals surface area contributed by atoms with Gasteiger partial charge in [0.05, 0.1) is 9.97 Å². The number of nitrogens with zero attached hydrogens (tertiary/aromatic N) is 2. The van der Waals surface area contributed by atoms with E-state index >= 15 is 0 Å². The van der Waals surface area contributed by atoms with E-state index in [0.29, 0.717) is 0 Å². The highest BCUT2D eigenvalue weighted by Gasteiger charge is 2.42. The average molecular weight is 535 g/mol. The number of hydrogen-bond donors (Lipinski definition) is 0. The Labute approximate surface area is 206 Å². The summed E-state index contributed by atoms with van der Waals surface area (Å²) in [6, 6.07) is 17.4. The molecule has 0 amide bonds. The van der Waals surface area contributed by atoms with Crippen LogP contribution in [-0.2, 0) is 10.8 Å². The number of benzene rings is 2. The lowest BCUT2D eigenvalue weighted by molar-refractivity contribution is -0.401. The van der Waals surface area contributed by atoms with Crippen molar-refractivity contribution in [2.24, 2.45) is 0 Å². The second-order valence-electron chi connectivity index (χ2n) is 9.46. The molecule has 0 aromatic heterocycles. The molecule has 2 nitrogen and oxygen atoms in total. The lowest BCUT2D eigenvalue weighted by Gasteiger charge is -2.25. The van der Waals surface area contributed by atoms with Gasteiger partial charge in [0.15, 0.2) is 5.71 Å². The molecule has 0 fully saturated rings. The summed E-state index contributed by atoms with van der Waals surface area (Å²) in [5, 5.41) is 0. The third-order valence-corrected chi connectivity index (χ3v) is 7.49. The highest BCUT2D eigenvalue weighted by molar-refractivity contribution is 14.1. The minimum atomic E-state index is 0.0139. The third kappa shape index (κ3) is 3.81. The number of alkyl halides is 1. The summed E-state index contributed by atoms with van der Waals surface area (Å²) in [4.78, 5) is 2.41. The van der Waals surface area contributed by atoms with Crippen LogP contribution in [0.2, 0.25) is 0 Å². The predicted molar refractivity (Wildman–Crippen MR) is 147 cm³/mol. The molecule has 164 valence electrons. The Hall–Kier alpha value is -2.40. The molecular weight excluding hydrogens is 503 g/mol. The van der Waals surface area contributed by atoms with Crippen molar-refractivity contribution in [1.82, 2.24) is 0 Å². The number of rotatable bonds is 5. The summed E-state index contributed by atoms with van der Waals surface area (Å²) < 4.78 is 3.25. The second kappa shape index (κ2) is 8.86. The summed E-state index contributed by atoms with van der Waals surface area (Å²) in [7, 11) is 2.16. The number of allylic oxidation sites excluding steroid dienone is 8. The molecule has 2 aromatic carbocycles. The van der Waals surface area contributed by atoms with E-state index in [4.69, 9.17) is 0 Å². The number of fused-ring (bicyclic) bond motifs is 2. The molecule has 2 aliphatic rings. The van der Waals surface area contributed by atoms with Gasteiger partial charge in [-0.3, -0.25) is 0 Å². The van der Waals surface area contributed by atoms with Crippen LogP contribution in [0, 0.1) is 0 Å². The molecular formula is C29H32IN2+. The summed E-state index contributed by atoms with van der Waals surface area (Å²) in [6.45, 7) is 9.22. The zero-order valence-corrected chi connectivity index (χ0v) is 21.8. The predicted octanol–water partition coefficient (Wildman–Crippen LogP) is 7.44. The van der Waals surface area contributed by atoms with Gasteiger partial charge >= 0.3 is 0 Å². The van der Waals surface area contributed by atoms with E-state index in [1.165, 1.54) is 33.9 Å². The number of halogens is 1. The molecule has 0 atom stereocenters. The Morgan fingerprint density at radius 3 is 2.16 bits per heavy atom. The topological polar surface area (TPSA) is 6.25 Å². The van der Waals surface area contributed by atoms with Crippen LogP contribution in [0.15, 0.2) is 96.8 Å². The van der Waals surface area contributed by atoms with Gasteiger partial charge in [-0.2, -0.15) is 4.58 Å². The number of para-hydroxylation sites is 2. The van der Waals surface area contributed by atoms with Gasteiger partial charge in [-0.15, -0.1) is 0 Å². The Kier molecular flexibility index (Phi) is 6.30. The molecule has 2 aromatic rings. The normalized spacial score (nSPS) is 20.3. The average Bonchev–Trinajstić information content (AvgIpc) is 3.12. The molecule has 0 aliphatic carbocycles. The molecule has 0 spiro atoms. The van der Waals surface area contributed by atoms with E-state index in [1.54, 1.807) is 0 Å². The zero-order chi connectivity index (χ0) is 22.9. The Morgan fingerprint density at radius 1 is 0.812 bits per heavy atom. The molecule has 3 heteroatoms. The largest absolute Gasteiger partial charge is 0.334 e. The fourth-order valence-corrected chi connectivity index (χ4v) is 5.79. The van der Waals surface area contributed by atoms with Gasteiger partial charge in [-0.05, 0) is 31.6 Å². The minimum Gasteiger partial charge on any atom is -0.334 e. The van der Waals surface area contributed by atoms with E-state index in [0.717, 1.165) is 4.55 Å². The number of hydrogen-bond acceptors (Lipinski definition) is 1. The van der Waals surface area contributed by atoms with Crippen LogP contribution in [0.5, 0.6) is 0 Å². The van der Waals surface area contributed by atoms with Gasteiger partial charge in [0.2, 0.25) is 5.69 Å². The quantitative estimate of drug-likeness (QED) is 0.127. The smallest absolute Gasteiger partial charge is 0.209 e. The van der Waals surface area contributed by atoms with Gasteiger partial charge in [-0.25, -0.2) is 0 Å². The van der Waals surface area contributed by atoms with Gasteiger partial charge in [0.25, 0.3) is 0 Å². The van der Waals surface area contributed by atoms with Crippen molar-refractivity contribution in [2.45, 2.75) is 38.5 Å². The van der Waals surface area contributed by atoms with Crippen molar-refractivity contribution in [3.8, 4) is 0 Å². The maximum Gasteiger partial charge on any atom is 0.209 e. The van der Waals surface area contributed by atoms with Gasteiger partial charge in [-0.1, -0.05) is 103 Å². The van der Waals surface area contributed by atoms with Crippen LogP contribution in [0.4, 0.5) is 11.4 Å². The monoisotopic (exact) mass is 535 g/mol. The van der Waals surface area contributed by atoms with Crippen LogP contribution in [0.25, 0.3) is 0 Å². The van der Waals surface area contributed by atoms with Crippen LogP contribution < -0.4 is 4.90 Å². The van der Waals surface area contributed by atoms with Crippen molar-refractivity contribution >= 4 is 39.7 Å². The third-order valence-electron chi connectivity index (χ3n) is 6.81. The molecule has 2 heterocycles. The van der Waals surface area contributed by atoms with Crippen molar-refractivity contribution in [2.75, 3.05) is 16.5 Å². The molecule has 0 unspecified atom stereocenters. The van der Waals surface area contributed by atoms with Crippen molar-refractivity contribution in [3.63, 3.8) is 0 Å². The molecule has 32 heavy (non-hydrogen) atoms. The first-order valence-electron chi connectivity index (χ1n) is 11.2. The first kappa shape index (κ1) is 22.8. The molecule has 0 bridgehead atoms. The minimum absolute atomic E-state index is 0.0139. The first-order chi connectivity index (χ1) is 15.3. The fraction of sp³-hybridized carbons (Fsp3) is 0.276. The van der Waals surface area contributed by atoms with Gasteiger partial charge < -0.3 is 4.90 Å². The SMILES string of the molecule is C[N+]1=C(C=CC=CC=CC=C2N(CI)c3ccccc3C2(C)C)C(C)(C)c2ccccc21. The van der Waals surface area contributed by atoms with Gasteiger partial charge in [0.1, 0.15) is 7.05 Å². The van der Waals surface area contributed by atoms with Crippen LogP contribution in [-0.4, -0.2) is 21.9 Å². The van der Waals surface area contributed by atoms with E-state index < -0.39 is 0 Å². The standard InChI is InChI=1S/C29H32IN2/c1-28(2)22-15-11-13-17-24(22)31(5)26(28)19-9-7-6-8-10-20-27-29(3,4)23-16-12-14-18-25(23)32(27)21-30/h6-20H,21H2,1-5H3/q+1. The summed E-state index contributed by atoms with van der Waals surface area (Å²) in [6.07, 6.45) is 15.1. The van der Waals surface area contributed by atoms with E-state index in [2.05, 4.69) is 158 Å². The Morgan fingerprint density at radius 2 is 1.44 bits per heavy atom. The maximum atomic E-state index is 2.45. The molecule has 0 N–H and O–H groups in total. The summed E-state index contributed by atoms with van der Waals surface area (Å²) >= 11 is 2.45. The van der Waals surface area contributed by atoms with Crippen molar-refractivity contribution < 1.29 is 4.58 Å². The van der Waals surface area contributed by atoms with Crippen LogP contribution in [0.1, 0.15) is 38.8 Å². The van der Waals surface area contributed by atoms with Crippen molar-refractivity contribution in [1.29, 1.82) is 0 Å². The van der Waals surface area contributed by atoms with E-state index in [9.17, 15) is 0 Å². The fourth-order valence-electron chi connectivity index (χ4n) is 5.06. The Balaban J connectivity index is 1.48. The molecule has 4 rings (SSSR count). The van der Waals surface area contributed by atoms with Crippen LogP contribution in [0.3, 0.4) is 0 Å². The number of anilines is 1.